The summed E-state index contributed by atoms with van der Waals surface area (Å²) in [5.74, 6) is 0. The van der Waals surface area contributed by atoms with E-state index in [0.29, 0.717) is 0 Å². The van der Waals surface area contributed by atoms with Gasteiger partial charge in [-0.2, -0.15) is 0 Å². The third-order valence-electron chi connectivity index (χ3n) is 3.65. The van der Waals surface area contributed by atoms with E-state index >= 15 is 0 Å². The third kappa shape index (κ3) is 3.80. The predicted molar refractivity (Wildman–Crippen MR) is 74.5 cm³/mol. The molecule has 0 aromatic heterocycles. The van der Waals surface area contributed by atoms with E-state index in [1.54, 1.807) is 0 Å². The van der Waals surface area contributed by atoms with Crippen molar-refractivity contribution in [2.75, 3.05) is 33.7 Å². The minimum absolute atomic E-state index is 0.489. The molecular weight excluding hydrogens is 224 g/mol. The number of likely N-dealkylation sites (N-methyl/N-ethyl adjacent to an activating group) is 1. The van der Waals surface area contributed by atoms with Crippen molar-refractivity contribution in [2.45, 2.75) is 25.0 Å². The zero-order valence-corrected chi connectivity index (χ0v) is 11.5. The molecule has 0 amide bonds. The minimum atomic E-state index is -0.489. The van der Waals surface area contributed by atoms with Gasteiger partial charge in [-0.25, -0.2) is 0 Å². The third-order valence-corrected chi connectivity index (χ3v) is 3.65. The van der Waals surface area contributed by atoms with Gasteiger partial charge in [-0.3, -0.25) is 4.90 Å². The molecule has 3 heteroatoms. The molecule has 2 rings (SSSR count). The van der Waals surface area contributed by atoms with E-state index < -0.39 is 5.60 Å². The van der Waals surface area contributed by atoms with Crippen molar-refractivity contribution in [1.29, 1.82) is 0 Å². The highest BCUT2D eigenvalue weighted by molar-refractivity contribution is 5.14. The Balaban J connectivity index is 1.83. The SMILES string of the molecule is CN(C)CC1(O)CCN(Cc2ccccc2)CC1. The van der Waals surface area contributed by atoms with E-state index in [4.69, 9.17) is 0 Å². The van der Waals surface area contributed by atoms with Gasteiger partial charge in [0.25, 0.3) is 0 Å². The number of piperidine rings is 1. The lowest BCUT2D eigenvalue weighted by molar-refractivity contribution is -0.0388. The first-order chi connectivity index (χ1) is 8.57. The second kappa shape index (κ2) is 5.83. The molecule has 0 unspecified atom stereocenters. The van der Waals surface area contributed by atoms with E-state index in [1.807, 2.05) is 14.1 Å². The Morgan fingerprint density at radius 3 is 2.33 bits per heavy atom. The summed E-state index contributed by atoms with van der Waals surface area (Å²) < 4.78 is 0. The number of rotatable bonds is 4. The van der Waals surface area contributed by atoms with Gasteiger partial charge in [0.1, 0.15) is 0 Å². The van der Waals surface area contributed by atoms with Gasteiger partial charge in [0.2, 0.25) is 0 Å². The number of benzene rings is 1. The lowest BCUT2D eigenvalue weighted by Gasteiger charge is -2.39. The molecule has 0 saturated carbocycles. The zero-order valence-electron chi connectivity index (χ0n) is 11.5. The number of aliphatic hydroxyl groups is 1. The molecule has 1 saturated heterocycles. The summed E-state index contributed by atoms with van der Waals surface area (Å²) in [4.78, 5) is 4.51. The molecule has 18 heavy (non-hydrogen) atoms. The van der Waals surface area contributed by atoms with Crippen LogP contribution in [0.1, 0.15) is 18.4 Å². The van der Waals surface area contributed by atoms with Crippen LogP contribution in [0.15, 0.2) is 30.3 Å². The lowest BCUT2D eigenvalue weighted by atomic mass is 9.91. The fourth-order valence-electron chi connectivity index (χ4n) is 2.72. The van der Waals surface area contributed by atoms with Crippen LogP contribution < -0.4 is 0 Å². The molecule has 1 heterocycles. The van der Waals surface area contributed by atoms with Gasteiger partial charge in [-0.1, -0.05) is 30.3 Å². The molecule has 0 aliphatic carbocycles. The molecule has 1 aromatic carbocycles. The summed E-state index contributed by atoms with van der Waals surface area (Å²) in [6.07, 6.45) is 1.75. The molecule has 1 fully saturated rings. The molecule has 0 spiro atoms. The Hall–Kier alpha value is -0.900. The molecule has 0 atom stereocenters. The van der Waals surface area contributed by atoms with Gasteiger partial charge < -0.3 is 10.0 Å². The Labute approximate surface area is 110 Å². The van der Waals surface area contributed by atoms with Gasteiger partial charge >= 0.3 is 0 Å². The fraction of sp³-hybridized carbons (Fsp3) is 0.600. The molecule has 100 valence electrons. The number of likely N-dealkylation sites (tertiary alicyclic amines) is 1. The first kappa shape index (κ1) is 13.5. The second-order valence-corrected chi connectivity index (χ2v) is 5.72. The average molecular weight is 248 g/mol. The van der Waals surface area contributed by atoms with Gasteiger partial charge in [0, 0.05) is 26.2 Å². The monoisotopic (exact) mass is 248 g/mol. The average Bonchev–Trinajstić information content (AvgIpc) is 2.33. The molecule has 0 bridgehead atoms. The topological polar surface area (TPSA) is 26.7 Å². The maximum absolute atomic E-state index is 10.5. The summed E-state index contributed by atoms with van der Waals surface area (Å²) in [6.45, 7) is 3.74. The Morgan fingerprint density at radius 1 is 1.17 bits per heavy atom. The van der Waals surface area contributed by atoms with Crippen molar-refractivity contribution in [1.82, 2.24) is 9.80 Å². The highest BCUT2D eigenvalue weighted by atomic mass is 16.3. The van der Waals surface area contributed by atoms with Crippen molar-refractivity contribution < 1.29 is 5.11 Å². The Kier molecular flexibility index (Phi) is 4.38. The molecule has 1 aliphatic rings. The molecule has 3 nitrogen and oxygen atoms in total. The standard InChI is InChI=1S/C15H24N2O/c1-16(2)13-15(18)8-10-17(11-9-15)12-14-6-4-3-5-7-14/h3-7,18H,8-13H2,1-2H3. The van der Waals surface area contributed by atoms with E-state index in [-0.39, 0.29) is 0 Å². The van der Waals surface area contributed by atoms with E-state index in [9.17, 15) is 5.11 Å². The minimum Gasteiger partial charge on any atom is -0.388 e. The number of nitrogens with zero attached hydrogens (tertiary/aromatic N) is 2. The highest BCUT2D eigenvalue weighted by Gasteiger charge is 2.32. The van der Waals surface area contributed by atoms with Crippen molar-refractivity contribution >= 4 is 0 Å². The molecule has 1 aliphatic heterocycles. The first-order valence-electron chi connectivity index (χ1n) is 6.71. The van der Waals surface area contributed by atoms with E-state index in [1.165, 1.54) is 5.56 Å². The quantitative estimate of drug-likeness (QED) is 0.876. The van der Waals surface area contributed by atoms with Crippen molar-refractivity contribution in [3.8, 4) is 0 Å². The van der Waals surface area contributed by atoms with Crippen molar-refractivity contribution in [3.05, 3.63) is 35.9 Å². The summed E-state index contributed by atoms with van der Waals surface area (Å²) in [5, 5.41) is 10.5. The number of hydrogen-bond donors (Lipinski definition) is 1. The highest BCUT2D eigenvalue weighted by Crippen LogP contribution is 2.23. The Morgan fingerprint density at radius 2 is 1.78 bits per heavy atom. The summed E-state index contributed by atoms with van der Waals surface area (Å²) in [7, 11) is 4.04. The smallest absolute Gasteiger partial charge is 0.0798 e. The van der Waals surface area contributed by atoms with Gasteiger partial charge in [-0.05, 0) is 32.5 Å². The van der Waals surface area contributed by atoms with Crippen LogP contribution in [0.3, 0.4) is 0 Å². The van der Waals surface area contributed by atoms with Gasteiger partial charge in [-0.15, -0.1) is 0 Å². The normalized spacial score (nSPS) is 20.2. The van der Waals surface area contributed by atoms with Gasteiger partial charge in [0.05, 0.1) is 5.60 Å². The van der Waals surface area contributed by atoms with Crippen LogP contribution in [0.25, 0.3) is 0 Å². The second-order valence-electron chi connectivity index (χ2n) is 5.72. The predicted octanol–water partition coefficient (Wildman–Crippen LogP) is 1.58. The molecule has 0 radical (unpaired) electrons. The molecule has 1 aromatic rings. The number of hydrogen-bond acceptors (Lipinski definition) is 3. The van der Waals surface area contributed by atoms with Crippen molar-refractivity contribution in [3.63, 3.8) is 0 Å². The van der Waals surface area contributed by atoms with Crippen LogP contribution in [-0.2, 0) is 6.54 Å². The van der Waals surface area contributed by atoms with E-state index in [0.717, 1.165) is 39.0 Å². The van der Waals surface area contributed by atoms with Crippen LogP contribution in [-0.4, -0.2) is 54.2 Å². The zero-order chi connectivity index (χ0) is 13.0. The Bertz CT molecular complexity index is 356. The van der Waals surface area contributed by atoms with E-state index in [2.05, 4.69) is 40.1 Å². The van der Waals surface area contributed by atoms with Crippen LogP contribution in [0.4, 0.5) is 0 Å². The van der Waals surface area contributed by atoms with Crippen LogP contribution in [0, 0.1) is 0 Å². The van der Waals surface area contributed by atoms with Crippen LogP contribution >= 0.6 is 0 Å². The maximum atomic E-state index is 10.5. The summed E-state index contributed by atoms with van der Waals surface area (Å²) >= 11 is 0. The largest absolute Gasteiger partial charge is 0.388 e. The summed E-state index contributed by atoms with van der Waals surface area (Å²) in [6, 6.07) is 10.6. The fourth-order valence-corrected chi connectivity index (χ4v) is 2.72. The van der Waals surface area contributed by atoms with Crippen LogP contribution in [0.5, 0.6) is 0 Å². The maximum Gasteiger partial charge on any atom is 0.0798 e. The lowest BCUT2D eigenvalue weighted by Crippen LogP contribution is -2.49. The van der Waals surface area contributed by atoms with Crippen molar-refractivity contribution in [2.24, 2.45) is 0 Å². The van der Waals surface area contributed by atoms with Gasteiger partial charge in [0.15, 0.2) is 0 Å². The molecular formula is C15H24N2O. The summed E-state index contributed by atoms with van der Waals surface area (Å²) in [5.41, 5.74) is 0.868. The molecule has 1 N–H and O–H groups in total. The first-order valence-corrected chi connectivity index (χ1v) is 6.71. The van der Waals surface area contributed by atoms with Crippen LogP contribution in [0.2, 0.25) is 0 Å².